The van der Waals surface area contributed by atoms with Crippen molar-refractivity contribution < 1.29 is 0 Å². The van der Waals surface area contributed by atoms with Gasteiger partial charge in [0.2, 0.25) is 0 Å². The first-order valence-corrected chi connectivity index (χ1v) is 6.57. The molecule has 2 heterocycles. The lowest BCUT2D eigenvalue weighted by atomic mass is 9.98. The summed E-state index contributed by atoms with van der Waals surface area (Å²) in [6.45, 7) is 3.45. The van der Waals surface area contributed by atoms with E-state index >= 15 is 0 Å². The third kappa shape index (κ3) is 1.82. The summed E-state index contributed by atoms with van der Waals surface area (Å²) in [5.74, 6) is 1.62. The van der Waals surface area contributed by atoms with Gasteiger partial charge >= 0.3 is 0 Å². The Labute approximate surface area is 94.3 Å². The van der Waals surface area contributed by atoms with Crippen LogP contribution in [-0.2, 0) is 6.54 Å². The quantitative estimate of drug-likeness (QED) is 0.822. The van der Waals surface area contributed by atoms with Gasteiger partial charge < -0.3 is 5.73 Å². The fourth-order valence-electron chi connectivity index (χ4n) is 3.05. The molecule has 0 aromatic carbocycles. The second kappa shape index (κ2) is 3.85. The number of aromatic nitrogens is 1. The number of rotatable bonds is 2. The van der Waals surface area contributed by atoms with E-state index in [9.17, 15) is 0 Å². The maximum atomic E-state index is 6.12. The Bertz CT molecular complexity index is 325. The SMILES string of the molecule is NC1CCC2CN(Cc3nccs3)CC12. The van der Waals surface area contributed by atoms with E-state index < -0.39 is 0 Å². The molecule has 1 saturated carbocycles. The van der Waals surface area contributed by atoms with E-state index in [1.165, 1.54) is 30.9 Å². The molecule has 0 bridgehead atoms. The Morgan fingerprint density at radius 2 is 2.40 bits per heavy atom. The third-order valence-corrected chi connectivity index (χ3v) is 4.59. The molecular formula is C11H17N3S. The molecule has 1 aliphatic carbocycles. The predicted octanol–water partition coefficient (Wildman–Crippen LogP) is 1.31. The van der Waals surface area contributed by atoms with Gasteiger partial charge in [0.25, 0.3) is 0 Å². The standard InChI is InChI=1S/C11H17N3S/c12-10-2-1-8-5-14(6-9(8)10)7-11-13-3-4-15-11/h3-4,8-10H,1-2,5-7,12H2. The molecule has 2 fully saturated rings. The average molecular weight is 223 g/mol. The van der Waals surface area contributed by atoms with E-state index in [2.05, 4.69) is 15.3 Å². The summed E-state index contributed by atoms with van der Waals surface area (Å²) in [6, 6.07) is 0.455. The van der Waals surface area contributed by atoms with Gasteiger partial charge in [-0.05, 0) is 24.7 Å². The number of nitrogens with zero attached hydrogens (tertiary/aromatic N) is 2. The molecular weight excluding hydrogens is 206 g/mol. The molecule has 1 aromatic heterocycles. The van der Waals surface area contributed by atoms with Crippen molar-refractivity contribution in [2.45, 2.75) is 25.4 Å². The lowest BCUT2D eigenvalue weighted by Crippen LogP contribution is -2.30. The van der Waals surface area contributed by atoms with Crippen molar-refractivity contribution in [1.82, 2.24) is 9.88 Å². The van der Waals surface area contributed by atoms with Crippen LogP contribution in [0.2, 0.25) is 0 Å². The van der Waals surface area contributed by atoms with Crippen LogP contribution >= 0.6 is 11.3 Å². The highest BCUT2D eigenvalue weighted by atomic mass is 32.1. The molecule has 1 aliphatic heterocycles. The van der Waals surface area contributed by atoms with Crippen LogP contribution in [-0.4, -0.2) is 29.0 Å². The van der Waals surface area contributed by atoms with Gasteiger partial charge in [-0.25, -0.2) is 4.98 Å². The minimum absolute atomic E-state index is 0.455. The summed E-state index contributed by atoms with van der Waals surface area (Å²) in [5, 5.41) is 3.29. The number of fused-ring (bicyclic) bond motifs is 1. The molecule has 0 amide bonds. The van der Waals surface area contributed by atoms with Gasteiger partial charge in [-0.2, -0.15) is 0 Å². The highest BCUT2D eigenvalue weighted by molar-refractivity contribution is 7.09. The van der Waals surface area contributed by atoms with Gasteiger partial charge in [-0.1, -0.05) is 0 Å². The molecule has 3 unspecified atom stereocenters. The highest BCUT2D eigenvalue weighted by Gasteiger charge is 2.40. The summed E-state index contributed by atoms with van der Waals surface area (Å²) in [5.41, 5.74) is 6.12. The van der Waals surface area contributed by atoms with Crippen molar-refractivity contribution in [2.75, 3.05) is 13.1 Å². The molecule has 82 valence electrons. The predicted molar refractivity (Wildman–Crippen MR) is 61.6 cm³/mol. The van der Waals surface area contributed by atoms with Crippen LogP contribution in [0.15, 0.2) is 11.6 Å². The zero-order chi connectivity index (χ0) is 10.3. The zero-order valence-electron chi connectivity index (χ0n) is 8.80. The van der Waals surface area contributed by atoms with E-state index in [1.807, 2.05) is 6.20 Å². The Kier molecular flexibility index (Phi) is 2.50. The molecule has 3 rings (SSSR count). The van der Waals surface area contributed by atoms with Crippen molar-refractivity contribution in [1.29, 1.82) is 0 Å². The second-order valence-electron chi connectivity index (χ2n) is 4.79. The van der Waals surface area contributed by atoms with E-state index in [0.29, 0.717) is 6.04 Å². The van der Waals surface area contributed by atoms with Crippen molar-refractivity contribution >= 4 is 11.3 Å². The largest absolute Gasteiger partial charge is 0.327 e. The first kappa shape index (κ1) is 9.75. The minimum atomic E-state index is 0.455. The first-order chi connectivity index (χ1) is 7.33. The van der Waals surface area contributed by atoms with Crippen LogP contribution in [0.25, 0.3) is 0 Å². The fourth-order valence-corrected chi connectivity index (χ4v) is 3.71. The first-order valence-electron chi connectivity index (χ1n) is 5.69. The van der Waals surface area contributed by atoms with Gasteiger partial charge in [0.05, 0.1) is 6.54 Å². The molecule has 2 aliphatic rings. The van der Waals surface area contributed by atoms with Crippen molar-refractivity contribution in [3.8, 4) is 0 Å². The maximum Gasteiger partial charge on any atom is 0.107 e. The van der Waals surface area contributed by atoms with Crippen LogP contribution in [0.5, 0.6) is 0 Å². The lowest BCUT2D eigenvalue weighted by molar-refractivity contribution is 0.298. The Hall–Kier alpha value is -0.450. The maximum absolute atomic E-state index is 6.12. The average Bonchev–Trinajstić information content (AvgIpc) is 2.88. The van der Waals surface area contributed by atoms with Crippen LogP contribution in [0, 0.1) is 11.8 Å². The molecule has 15 heavy (non-hydrogen) atoms. The van der Waals surface area contributed by atoms with Crippen molar-refractivity contribution in [2.24, 2.45) is 17.6 Å². The highest BCUT2D eigenvalue weighted by Crippen LogP contribution is 2.37. The monoisotopic (exact) mass is 223 g/mol. The Morgan fingerprint density at radius 3 is 3.13 bits per heavy atom. The van der Waals surface area contributed by atoms with E-state index in [-0.39, 0.29) is 0 Å². The minimum Gasteiger partial charge on any atom is -0.327 e. The van der Waals surface area contributed by atoms with Crippen molar-refractivity contribution in [3.63, 3.8) is 0 Å². The van der Waals surface area contributed by atoms with Crippen molar-refractivity contribution in [3.05, 3.63) is 16.6 Å². The molecule has 1 aromatic rings. The number of likely N-dealkylation sites (tertiary alicyclic amines) is 1. The van der Waals surface area contributed by atoms with Crippen LogP contribution in [0.4, 0.5) is 0 Å². The summed E-state index contributed by atoms with van der Waals surface area (Å²) in [4.78, 5) is 6.86. The number of thiazole rings is 1. The Morgan fingerprint density at radius 1 is 1.47 bits per heavy atom. The molecule has 0 spiro atoms. The van der Waals surface area contributed by atoms with Crippen LogP contribution < -0.4 is 5.73 Å². The fraction of sp³-hybridized carbons (Fsp3) is 0.727. The Balaban J connectivity index is 1.62. The lowest BCUT2D eigenvalue weighted by Gasteiger charge is -2.16. The summed E-state index contributed by atoms with van der Waals surface area (Å²) < 4.78 is 0. The second-order valence-corrected chi connectivity index (χ2v) is 5.76. The number of hydrogen-bond acceptors (Lipinski definition) is 4. The molecule has 1 saturated heterocycles. The normalized spacial score (nSPS) is 35.9. The summed E-state index contributed by atoms with van der Waals surface area (Å²) in [6.07, 6.45) is 4.46. The van der Waals surface area contributed by atoms with E-state index in [4.69, 9.17) is 5.73 Å². The molecule has 3 nitrogen and oxygen atoms in total. The van der Waals surface area contributed by atoms with Gasteiger partial charge in [0, 0.05) is 30.7 Å². The van der Waals surface area contributed by atoms with Crippen LogP contribution in [0.1, 0.15) is 17.8 Å². The summed E-state index contributed by atoms with van der Waals surface area (Å²) >= 11 is 1.75. The van der Waals surface area contributed by atoms with Gasteiger partial charge in [0.15, 0.2) is 0 Å². The zero-order valence-corrected chi connectivity index (χ0v) is 9.62. The van der Waals surface area contributed by atoms with Gasteiger partial charge in [0.1, 0.15) is 5.01 Å². The van der Waals surface area contributed by atoms with Crippen LogP contribution in [0.3, 0.4) is 0 Å². The van der Waals surface area contributed by atoms with Gasteiger partial charge in [-0.3, -0.25) is 4.90 Å². The molecule has 0 radical (unpaired) electrons. The summed E-state index contributed by atoms with van der Waals surface area (Å²) in [7, 11) is 0. The third-order valence-electron chi connectivity index (χ3n) is 3.83. The molecule has 2 N–H and O–H groups in total. The molecule has 4 heteroatoms. The number of nitrogens with two attached hydrogens (primary N) is 1. The van der Waals surface area contributed by atoms with Gasteiger partial charge in [-0.15, -0.1) is 11.3 Å². The van der Waals surface area contributed by atoms with E-state index in [1.54, 1.807) is 11.3 Å². The number of hydrogen-bond donors (Lipinski definition) is 1. The smallest absolute Gasteiger partial charge is 0.107 e. The topological polar surface area (TPSA) is 42.1 Å². The van der Waals surface area contributed by atoms with E-state index in [0.717, 1.165) is 18.4 Å². The molecule has 3 atom stereocenters.